The Hall–Kier alpha value is -4.18. The lowest BCUT2D eigenvalue weighted by Crippen LogP contribution is -2.43. The summed E-state index contributed by atoms with van der Waals surface area (Å²) in [5.74, 6) is -2.11. The molecule has 13 heteroatoms. The number of hydrogen-bond acceptors (Lipinski definition) is 10. The number of anilines is 1. The monoisotopic (exact) mass is 557 g/mol. The Kier molecular flexibility index (Phi) is 10.2. The van der Waals surface area contributed by atoms with E-state index in [1.165, 1.54) is 13.0 Å². The maximum atomic E-state index is 12.7. The van der Waals surface area contributed by atoms with Crippen LogP contribution < -0.4 is 19.7 Å². The zero-order valence-corrected chi connectivity index (χ0v) is 22.6. The minimum Gasteiger partial charge on any atom is -0.475 e. The van der Waals surface area contributed by atoms with Crippen molar-refractivity contribution in [3.8, 4) is 11.9 Å². The topological polar surface area (TPSA) is 168 Å². The van der Waals surface area contributed by atoms with Crippen LogP contribution in [-0.2, 0) is 30.1 Å². The summed E-state index contributed by atoms with van der Waals surface area (Å²) in [5, 5.41) is 12.3. The van der Waals surface area contributed by atoms with E-state index in [1.807, 2.05) is 6.07 Å². The van der Waals surface area contributed by atoms with Crippen LogP contribution in [0.3, 0.4) is 0 Å². The summed E-state index contributed by atoms with van der Waals surface area (Å²) >= 11 is 0. The molecule has 2 heterocycles. The number of aromatic nitrogens is 1. The molecule has 0 unspecified atom stereocenters. The number of carbonyl (C=O) groups is 3. The quantitative estimate of drug-likeness (QED) is 0.305. The molecule has 1 aromatic carbocycles. The van der Waals surface area contributed by atoms with Crippen LogP contribution in [0.5, 0.6) is 5.88 Å². The highest BCUT2D eigenvalue weighted by Crippen LogP contribution is 2.30. The summed E-state index contributed by atoms with van der Waals surface area (Å²) in [4.78, 5) is 42.6. The lowest BCUT2D eigenvalue weighted by Gasteiger charge is -2.32. The molecule has 1 fully saturated rings. The van der Waals surface area contributed by atoms with Crippen molar-refractivity contribution in [1.29, 1.82) is 5.26 Å². The minimum absolute atomic E-state index is 0.0159. The lowest BCUT2D eigenvalue weighted by molar-refractivity contribution is -0.123. The number of piperidine rings is 1. The van der Waals surface area contributed by atoms with E-state index in [0.717, 1.165) is 0 Å². The van der Waals surface area contributed by atoms with E-state index >= 15 is 0 Å². The first-order chi connectivity index (χ1) is 18.6. The van der Waals surface area contributed by atoms with Gasteiger partial charge in [-0.15, -0.1) is 0 Å². The Morgan fingerprint density at radius 2 is 1.87 bits per heavy atom. The maximum Gasteiger partial charge on any atom is 0.343 e. The van der Waals surface area contributed by atoms with Crippen molar-refractivity contribution in [2.24, 2.45) is 5.92 Å². The van der Waals surface area contributed by atoms with E-state index in [-0.39, 0.29) is 54.2 Å². The Balaban J connectivity index is 1.71. The Morgan fingerprint density at radius 3 is 2.49 bits per heavy atom. The van der Waals surface area contributed by atoms with E-state index < -0.39 is 27.8 Å². The van der Waals surface area contributed by atoms with E-state index in [2.05, 4.69) is 15.0 Å². The average Bonchev–Trinajstić information content (AvgIpc) is 2.90. The van der Waals surface area contributed by atoms with E-state index in [9.17, 15) is 28.1 Å². The molecule has 0 radical (unpaired) electrons. The molecule has 3 rings (SSSR count). The number of esters is 1. The Bertz CT molecular complexity index is 1330. The standard InChI is InChI=1S/C26H31N5O7S/c1-3-37-26(34)22-15-21(16-27)23(29-25(22)38-14-11-28-18(2)32)31-12-9-20(10-13-31)24(33)30-39(35,36)17-19-7-5-4-6-8-19/h4-8,15,20H,3,9-14,17H2,1-2H3,(H,28,32)(H,30,33). The van der Waals surface area contributed by atoms with Crippen LogP contribution in [0.15, 0.2) is 36.4 Å². The highest BCUT2D eigenvalue weighted by Gasteiger charge is 2.30. The number of nitrogens with one attached hydrogen (secondary N) is 2. The average molecular weight is 558 g/mol. The first-order valence-electron chi connectivity index (χ1n) is 12.5. The molecule has 0 aliphatic carbocycles. The molecule has 2 N–H and O–H groups in total. The third-order valence-corrected chi connectivity index (χ3v) is 7.14. The van der Waals surface area contributed by atoms with Gasteiger partial charge in [0, 0.05) is 25.9 Å². The van der Waals surface area contributed by atoms with Crippen molar-refractivity contribution >= 4 is 33.6 Å². The van der Waals surface area contributed by atoms with Crippen molar-refractivity contribution < 1.29 is 32.3 Å². The molecule has 1 saturated heterocycles. The maximum absolute atomic E-state index is 12.7. The molecule has 2 amide bonds. The molecule has 0 atom stereocenters. The summed E-state index contributed by atoms with van der Waals surface area (Å²) in [6.45, 7) is 3.99. The third kappa shape index (κ3) is 8.41. The minimum atomic E-state index is -3.85. The van der Waals surface area contributed by atoms with Crippen LogP contribution >= 0.6 is 0 Å². The van der Waals surface area contributed by atoms with Crippen LogP contribution in [-0.4, -0.2) is 64.0 Å². The third-order valence-electron chi connectivity index (χ3n) is 5.92. The number of hydrogen-bond donors (Lipinski definition) is 2. The number of sulfonamides is 1. The van der Waals surface area contributed by atoms with E-state index in [0.29, 0.717) is 31.5 Å². The number of rotatable bonds is 11. The molecule has 208 valence electrons. The first-order valence-corrected chi connectivity index (χ1v) is 14.1. The molecule has 1 aliphatic heterocycles. The normalized spacial score (nSPS) is 13.7. The van der Waals surface area contributed by atoms with Crippen LogP contribution in [0.25, 0.3) is 0 Å². The number of pyridine rings is 1. The fourth-order valence-electron chi connectivity index (χ4n) is 4.07. The fraction of sp³-hybridized carbons (Fsp3) is 0.423. The second kappa shape index (κ2) is 13.6. The van der Waals surface area contributed by atoms with Gasteiger partial charge < -0.3 is 19.7 Å². The smallest absolute Gasteiger partial charge is 0.343 e. The number of benzene rings is 1. The molecule has 1 aliphatic rings. The van der Waals surface area contributed by atoms with E-state index in [4.69, 9.17) is 9.47 Å². The highest BCUT2D eigenvalue weighted by molar-refractivity contribution is 7.89. The molecular weight excluding hydrogens is 526 g/mol. The van der Waals surface area contributed by atoms with Crippen molar-refractivity contribution in [3.63, 3.8) is 0 Å². The molecule has 0 spiro atoms. The van der Waals surface area contributed by atoms with E-state index in [1.54, 1.807) is 42.2 Å². The van der Waals surface area contributed by atoms with Gasteiger partial charge in [0.05, 0.1) is 24.5 Å². The number of nitriles is 1. The van der Waals surface area contributed by atoms with Crippen LogP contribution in [0.4, 0.5) is 5.82 Å². The molecule has 0 bridgehead atoms. The highest BCUT2D eigenvalue weighted by atomic mass is 32.2. The Labute approximate surface area is 227 Å². The Morgan fingerprint density at radius 1 is 1.18 bits per heavy atom. The number of nitrogens with zero attached hydrogens (tertiary/aromatic N) is 3. The van der Waals surface area contributed by atoms with Crippen molar-refractivity contribution in [3.05, 3.63) is 53.1 Å². The summed E-state index contributed by atoms with van der Waals surface area (Å²) < 4.78 is 37.9. The van der Waals surface area contributed by atoms with Gasteiger partial charge in [-0.1, -0.05) is 30.3 Å². The largest absolute Gasteiger partial charge is 0.475 e. The van der Waals surface area contributed by atoms with Gasteiger partial charge in [-0.05, 0) is 31.4 Å². The van der Waals surface area contributed by atoms with Crippen LogP contribution in [0.1, 0.15) is 48.2 Å². The van der Waals surface area contributed by atoms with Crippen molar-refractivity contribution in [2.45, 2.75) is 32.4 Å². The number of ether oxygens (including phenoxy) is 2. The predicted octanol–water partition coefficient (Wildman–Crippen LogP) is 1.51. The molecular formula is C26H31N5O7S. The molecule has 2 aromatic rings. The molecule has 39 heavy (non-hydrogen) atoms. The SMILES string of the molecule is CCOC(=O)c1cc(C#N)c(N2CCC(C(=O)NS(=O)(=O)Cc3ccccc3)CC2)nc1OCCNC(C)=O. The summed E-state index contributed by atoms with van der Waals surface area (Å²) in [7, 11) is -3.85. The summed E-state index contributed by atoms with van der Waals surface area (Å²) in [6, 6.07) is 12.0. The molecule has 1 aromatic heterocycles. The van der Waals surface area contributed by atoms with Gasteiger partial charge in [0.15, 0.2) is 5.82 Å². The second-order valence-corrected chi connectivity index (χ2v) is 10.6. The fourth-order valence-corrected chi connectivity index (χ4v) is 5.25. The van der Waals surface area contributed by atoms with Gasteiger partial charge in [-0.25, -0.2) is 13.2 Å². The van der Waals surface area contributed by atoms with Gasteiger partial charge in [-0.2, -0.15) is 10.2 Å². The van der Waals surface area contributed by atoms with Gasteiger partial charge >= 0.3 is 5.97 Å². The second-order valence-electron chi connectivity index (χ2n) is 8.85. The lowest BCUT2D eigenvalue weighted by atomic mass is 9.96. The zero-order chi connectivity index (χ0) is 28.4. The number of amides is 2. The predicted molar refractivity (Wildman–Crippen MR) is 141 cm³/mol. The summed E-state index contributed by atoms with van der Waals surface area (Å²) in [6.07, 6.45) is 0.662. The van der Waals surface area contributed by atoms with Crippen LogP contribution in [0, 0.1) is 17.2 Å². The van der Waals surface area contributed by atoms with Crippen molar-refractivity contribution in [2.75, 3.05) is 37.7 Å². The van der Waals surface area contributed by atoms with Crippen molar-refractivity contribution in [1.82, 2.24) is 15.0 Å². The van der Waals surface area contributed by atoms with Gasteiger partial charge in [-0.3, -0.25) is 14.3 Å². The molecule has 12 nitrogen and oxygen atoms in total. The van der Waals surface area contributed by atoms with Crippen LogP contribution in [0.2, 0.25) is 0 Å². The first kappa shape index (κ1) is 29.4. The van der Waals surface area contributed by atoms with Gasteiger partial charge in [0.1, 0.15) is 18.2 Å². The van der Waals surface area contributed by atoms with Gasteiger partial charge in [0.2, 0.25) is 27.7 Å². The zero-order valence-electron chi connectivity index (χ0n) is 21.8. The summed E-state index contributed by atoms with van der Waals surface area (Å²) in [5.41, 5.74) is 0.683. The van der Waals surface area contributed by atoms with Gasteiger partial charge in [0.25, 0.3) is 0 Å². The number of carbonyl (C=O) groups excluding carboxylic acids is 3. The molecule has 0 saturated carbocycles.